The normalized spacial score (nSPS) is 47.4. The summed E-state index contributed by atoms with van der Waals surface area (Å²) in [6.45, 7) is 23.8. The minimum Gasteiger partial charge on any atom is -0.459 e. The number of carbonyl (C=O) groups is 1. The van der Waals surface area contributed by atoms with Gasteiger partial charge in [0.05, 0.1) is 41.5 Å². The molecule has 3 fully saturated rings. The van der Waals surface area contributed by atoms with Crippen molar-refractivity contribution in [3.63, 3.8) is 0 Å². The number of nitrogens with zero attached hydrogens (tertiary/aromatic N) is 2. The van der Waals surface area contributed by atoms with Gasteiger partial charge in [0.2, 0.25) is 0 Å². The zero-order chi connectivity index (χ0) is 40.2. The first kappa shape index (κ1) is 46.2. The third-order valence-corrected chi connectivity index (χ3v) is 13.1. The zero-order valence-electron chi connectivity index (χ0n) is 35.2. The molecule has 0 radical (unpaired) electrons. The fraction of sp³-hybridized carbons (Fsp3) is 0.927. The Balaban J connectivity index is 2.18. The van der Waals surface area contributed by atoms with Gasteiger partial charge in [-0.15, -0.1) is 6.58 Å². The van der Waals surface area contributed by atoms with Crippen LogP contribution in [0.5, 0.6) is 0 Å². The van der Waals surface area contributed by atoms with Crippen LogP contribution in [0.4, 0.5) is 0 Å². The van der Waals surface area contributed by atoms with Gasteiger partial charge in [-0.25, -0.2) is 0 Å². The van der Waals surface area contributed by atoms with E-state index < -0.39 is 89.5 Å². The molecule has 12 heteroatoms. The molecule has 17 atom stereocenters. The van der Waals surface area contributed by atoms with Gasteiger partial charge in [0.1, 0.15) is 23.9 Å². The quantitative estimate of drug-likeness (QED) is 0.198. The van der Waals surface area contributed by atoms with Crippen molar-refractivity contribution in [1.82, 2.24) is 9.80 Å². The van der Waals surface area contributed by atoms with Crippen LogP contribution in [0, 0.1) is 23.7 Å². The first-order valence-corrected chi connectivity index (χ1v) is 20.1. The summed E-state index contributed by atoms with van der Waals surface area (Å²) in [5.74, 6) is -2.52. The molecular weight excluding hydrogens is 680 g/mol. The molecule has 3 rings (SSSR count). The molecule has 0 spiro atoms. The largest absolute Gasteiger partial charge is 0.459 e. The molecule has 1 unspecified atom stereocenters. The highest BCUT2D eigenvalue weighted by Gasteiger charge is 2.54. The van der Waals surface area contributed by atoms with Gasteiger partial charge < -0.3 is 53.9 Å². The van der Waals surface area contributed by atoms with E-state index in [9.17, 15) is 25.2 Å². The van der Waals surface area contributed by atoms with Gasteiger partial charge >= 0.3 is 5.97 Å². The van der Waals surface area contributed by atoms with Crippen molar-refractivity contribution in [2.45, 2.75) is 186 Å². The Kier molecular flexibility index (Phi) is 16.4. The minimum atomic E-state index is -1.75. The molecule has 53 heavy (non-hydrogen) atoms. The summed E-state index contributed by atoms with van der Waals surface area (Å²) in [7, 11) is 5.56. The van der Waals surface area contributed by atoms with Gasteiger partial charge in [-0.2, -0.15) is 0 Å². The summed E-state index contributed by atoms with van der Waals surface area (Å²) >= 11 is 0. The lowest BCUT2D eigenvalue weighted by atomic mass is 9.68. The molecule has 0 bridgehead atoms. The number of hydrogen-bond donors (Lipinski definition) is 4. The predicted molar refractivity (Wildman–Crippen MR) is 205 cm³/mol. The van der Waals surface area contributed by atoms with Gasteiger partial charge in [0.25, 0.3) is 0 Å². The van der Waals surface area contributed by atoms with Crippen LogP contribution >= 0.6 is 0 Å². The second kappa shape index (κ2) is 18.8. The van der Waals surface area contributed by atoms with E-state index in [1.807, 2.05) is 52.6 Å². The number of ether oxygens (including phenoxy) is 5. The van der Waals surface area contributed by atoms with Crippen molar-refractivity contribution in [2.75, 3.05) is 34.3 Å². The Morgan fingerprint density at radius 3 is 2.25 bits per heavy atom. The van der Waals surface area contributed by atoms with Gasteiger partial charge in [-0.05, 0) is 93.2 Å². The van der Waals surface area contributed by atoms with E-state index in [0.29, 0.717) is 19.4 Å². The lowest BCUT2D eigenvalue weighted by Gasteiger charge is -2.51. The Morgan fingerprint density at radius 2 is 1.66 bits per heavy atom. The van der Waals surface area contributed by atoms with E-state index in [1.54, 1.807) is 27.9 Å². The number of carbonyl (C=O) groups excluding carboxylic acids is 1. The predicted octanol–water partition coefficient (Wildman–Crippen LogP) is 4.15. The van der Waals surface area contributed by atoms with Crippen LogP contribution in [-0.4, -0.2) is 148 Å². The molecule has 310 valence electrons. The average molecular weight is 757 g/mol. The highest BCUT2D eigenvalue weighted by atomic mass is 16.7. The highest BCUT2D eigenvalue weighted by molar-refractivity contribution is 5.73. The molecule has 3 heterocycles. The molecule has 0 aromatic rings. The maximum Gasteiger partial charge on any atom is 0.309 e. The number of cyclic esters (lactones) is 1. The number of esters is 1. The number of aliphatic hydroxyl groups is 4. The average Bonchev–Trinajstić information content (AvgIpc) is 3.08. The molecule has 0 saturated carbocycles. The fourth-order valence-corrected chi connectivity index (χ4v) is 9.65. The summed E-state index contributed by atoms with van der Waals surface area (Å²) in [6.07, 6.45) is -0.760. The molecule has 0 aliphatic carbocycles. The minimum absolute atomic E-state index is 0.0596. The Bertz CT molecular complexity index is 1170. The fourth-order valence-electron chi connectivity index (χ4n) is 9.65. The molecule has 3 aliphatic heterocycles. The summed E-state index contributed by atoms with van der Waals surface area (Å²) < 4.78 is 32.1. The monoisotopic (exact) mass is 757 g/mol. The maximum atomic E-state index is 14.4. The van der Waals surface area contributed by atoms with Crippen molar-refractivity contribution >= 4 is 5.97 Å². The molecule has 4 N–H and O–H groups in total. The molecule has 3 saturated heterocycles. The van der Waals surface area contributed by atoms with E-state index in [-0.39, 0.29) is 30.9 Å². The first-order valence-electron chi connectivity index (χ1n) is 20.1. The Labute approximate surface area is 320 Å². The highest BCUT2D eigenvalue weighted by Crippen LogP contribution is 2.44. The van der Waals surface area contributed by atoms with Gasteiger partial charge in [0, 0.05) is 51.0 Å². The van der Waals surface area contributed by atoms with E-state index in [0.717, 1.165) is 19.4 Å². The van der Waals surface area contributed by atoms with E-state index in [2.05, 4.69) is 25.5 Å². The molecule has 0 amide bonds. The summed E-state index contributed by atoms with van der Waals surface area (Å²) in [4.78, 5) is 18.7. The van der Waals surface area contributed by atoms with Gasteiger partial charge in [0.15, 0.2) is 6.29 Å². The van der Waals surface area contributed by atoms with Crippen molar-refractivity contribution in [3.8, 4) is 0 Å². The molecule has 0 aromatic carbocycles. The zero-order valence-corrected chi connectivity index (χ0v) is 35.2. The van der Waals surface area contributed by atoms with Crippen LogP contribution in [0.25, 0.3) is 0 Å². The third-order valence-electron chi connectivity index (χ3n) is 13.1. The van der Waals surface area contributed by atoms with Crippen LogP contribution in [0.2, 0.25) is 0 Å². The standard InChI is InChI=1S/C41H76N2O10/c1-15-17-18-42(12)30-19-25(4)50-33(20-30)53-37-26(5)34(31-22-40(10,49-14)36(45)29(8)51-31)27(6)38(46)52-32(16-2)41(11,48)35(44)28(7)43(13)23-24(3)21-39(37,9)47/h15,24-37,44-45,47-48H,1,16-23H2,2-14H3/t24-,25-,26+,27-,28-,29+,30+,31?,32-,33+,34+,35-,36+,37-,39-,40-,41-/m1/s1. The van der Waals surface area contributed by atoms with E-state index >= 15 is 0 Å². The van der Waals surface area contributed by atoms with Crippen LogP contribution in [-0.2, 0) is 28.5 Å². The van der Waals surface area contributed by atoms with Crippen molar-refractivity contribution in [2.24, 2.45) is 23.7 Å². The van der Waals surface area contributed by atoms with Crippen LogP contribution < -0.4 is 0 Å². The summed E-state index contributed by atoms with van der Waals surface area (Å²) in [5, 5.41) is 47.2. The molecule has 0 aromatic heterocycles. The van der Waals surface area contributed by atoms with Crippen molar-refractivity contribution in [3.05, 3.63) is 12.7 Å². The number of hydrogen-bond acceptors (Lipinski definition) is 12. The third kappa shape index (κ3) is 10.8. The van der Waals surface area contributed by atoms with E-state index in [4.69, 9.17) is 23.7 Å². The van der Waals surface area contributed by atoms with Gasteiger partial charge in [-0.3, -0.25) is 4.79 Å². The molecule has 12 nitrogen and oxygen atoms in total. The van der Waals surface area contributed by atoms with Gasteiger partial charge in [-0.1, -0.05) is 33.8 Å². The number of likely N-dealkylation sites (N-methyl/N-ethyl adjacent to an activating group) is 1. The topological polar surface area (TPSA) is 151 Å². The SMILES string of the molecule is C=CCCN(C)[C@@H]1C[C@H](O[C@@H]2[C@@H](C)[C@H](C3C[C@@](C)(OC)[C@@H](O)[C@H](C)O3)[C@@H](C)C(=O)O[C@H](CC)[C@@](C)(O)[C@H](O)[C@@H](C)N(C)C[C@H](C)C[C@@]2(C)O)O[C@H](C)C1. The number of aliphatic hydroxyl groups excluding tert-OH is 2. The second-order valence-electron chi connectivity index (χ2n) is 17.7. The number of rotatable bonds is 9. The maximum absolute atomic E-state index is 14.4. The first-order chi connectivity index (χ1) is 24.5. The van der Waals surface area contributed by atoms with Crippen molar-refractivity contribution in [1.29, 1.82) is 0 Å². The van der Waals surface area contributed by atoms with Crippen LogP contribution in [0.3, 0.4) is 0 Å². The van der Waals surface area contributed by atoms with E-state index in [1.165, 1.54) is 6.92 Å². The van der Waals surface area contributed by atoms with Crippen LogP contribution in [0.1, 0.15) is 108 Å². The van der Waals surface area contributed by atoms with Crippen LogP contribution in [0.15, 0.2) is 12.7 Å². The lowest BCUT2D eigenvalue weighted by molar-refractivity contribution is -0.275. The smallest absolute Gasteiger partial charge is 0.309 e. The summed E-state index contributed by atoms with van der Waals surface area (Å²) in [5.41, 5.74) is -4.13. The second-order valence-corrected chi connectivity index (χ2v) is 17.7. The summed E-state index contributed by atoms with van der Waals surface area (Å²) in [6, 6.07) is -0.296. The lowest BCUT2D eigenvalue weighted by Crippen LogP contribution is -2.61. The Hall–Kier alpha value is -1.19. The molecular formula is C41H76N2O10. The Morgan fingerprint density at radius 1 is 1.02 bits per heavy atom. The molecule has 3 aliphatic rings. The number of methoxy groups -OCH3 is 1. The van der Waals surface area contributed by atoms with Crippen molar-refractivity contribution < 1.29 is 48.9 Å².